The van der Waals surface area contributed by atoms with Crippen LogP contribution in [0.1, 0.15) is 26.5 Å². The van der Waals surface area contributed by atoms with Crippen molar-refractivity contribution < 1.29 is 23.8 Å². The number of nitrogens with zero attached hydrogens (tertiary/aromatic N) is 1. The summed E-state index contributed by atoms with van der Waals surface area (Å²) in [6.07, 6.45) is -0.519. The lowest BCUT2D eigenvalue weighted by atomic mass is 10.2. The van der Waals surface area contributed by atoms with Gasteiger partial charge in [0, 0.05) is 26.5 Å². The maximum atomic E-state index is 11.9. The molecule has 2 heterocycles. The van der Waals surface area contributed by atoms with E-state index in [0.717, 1.165) is 0 Å². The second kappa shape index (κ2) is 7.25. The van der Waals surface area contributed by atoms with E-state index in [-0.39, 0.29) is 13.0 Å². The van der Waals surface area contributed by atoms with E-state index in [0.29, 0.717) is 3.57 Å². The fraction of sp³-hybridized carbons (Fsp3) is 0.538. The fourth-order valence-corrected chi connectivity index (χ4v) is 2.67. The van der Waals surface area contributed by atoms with Crippen molar-refractivity contribution in [1.82, 2.24) is 9.55 Å². The van der Waals surface area contributed by atoms with Gasteiger partial charge in [-0.25, -0.2) is 4.79 Å². The van der Waals surface area contributed by atoms with Gasteiger partial charge in [-0.1, -0.05) is 0 Å². The third kappa shape index (κ3) is 4.41. The lowest BCUT2D eigenvalue weighted by molar-refractivity contribution is -0.155. The summed E-state index contributed by atoms with van der Waals surface area (Å²) in [7, 11) is 0. The molecule has 0 aliphatic carbocycles. The van der Waals surface area contributed by atoms with Crippen molar-refractivity contribution in [3.05, 3.63) is 30.6 Å². The molecule has 126 valence electrons. The molecule has 1 aromatic rings. The van der Waals surface area contributed by atoms with Crippen molar-refractivity contribution in [1.29, 1.82) is 0 Å². The number of H-pyrrole nitrogens is 1. The van der Waals surface area contributed by atoms with Crippen molar-refractivity contribution >= 4 is 34.5 Å². The number of carbonyl (C=O) groups is 2. The van der Waals surface area contributed by atoms with Crippen molar-refractivity contribution in [2.45, 2.75) is 38.7 Å². The highest BCUT2D eigenvalue weighted by Crippen LogP contribution is 2.30. The Morgan fingerprint density at radius 2 is 2.09 bits per heavy atom. The monoisotopic (exact) mass is 438 g/mol. The normalized spacial score (nSPS) is 23.5. The molecule has 0 amide bonds. The van der Waals surface area contributed by atoms with Crippen LogP contribution >= 0.6 is 22.6 Å². The summed E-state index contributed by atoms with van der Waals surface area (Å²) in [5.41, 5.74) is -1.12. The molecule has 0 saturated carbocycles. The summed E-state index contributed by atoms with van der Waals surface area (Å²) in [6.45, 7) is 2.41. The second-order valence-electron chi connectivity index (χ2n) is 4.96. The van der Waals surface area contributed by atoms with Crippen LogP contribution in [0.25, 0.3) is 0 Å². The smallest absolute Gasteiger partial charge is 0.330 e. The van der Waals surface area contributed by atoms with Crippen molar-refractivity contribution in [3.8, 4) is 0 Å². The molecule has 1 fully saturated rings. The minimum Gasteiger partial charge on any atom is -0.463 e. The van der Waals surface area contributed by atoms with Gasteiger partial charge in [0.05, 0.1) is 3.57 Å². The van der Waals surface area contributed by atoms with Crippen LogP contribution in [0.15, 0.2) is 15.8 Å². The molecule has 1 aromatic heterocycles. The molecule has 0 unspecified atom stereocenters. The molecule has 1 aliphatic rings. The summed E-state index contributed by atoms with van der Waals surface area (Å²) >= 11 is 1.80. The number of hydrogen-bond donors (Lipinski definition) is 1. The minimum absolute atomic E-state index is 0.0982. The number of rotatable bonds is 4. The van der Waals surface area contributed by atoms with E-state index in [4.69, 9.17) is 14.2 Å². The first kappa shape index (κ1) is 17.7. The Morgan fingerprint density at radius 1 is 1.39 bits per heavy atom. The van der Waals surface area contributed by atoms with Crippen LogP contribution in [0, 0.1) is 3.57 Å². The Morgan fingerprint density at radius 3 is 2.70 bits per heavy atom. The van der Waals surface area contributed by atoms with Crippen molar-refractivity contribution in [3.63, 3.8) is 0 Å². The fourth-order valence-electron chi connectivity index (χ4n) is 2.23. The zero-order valence-electron chi connectivity index (χ0n) is 12.4. The van der Waals surface area contributed by atoms with Gasteiger partial charge >= 0.3 is 17.6 Å². The van der Waals surface area contributed by atoms with Gasteiger partial charge in [-0.3, -0.25) is 23.9 Å². The first-order valence-electron chi connectivity index (χ1n) is 6.75. The minimum atomic E-state index is -0.738. The molecule has 1 N–H and O–H groups in total. The van der Waals surface area contributed by atoms with Gasteiger partial charge in [-0.05, 0) is 22.6 Å². The third-order valence-electron chi connectivity index (χ3n) is 3.18. The van der Waals surface area contributed by atoms with Gasteiger partial charge in [0.1, 0.15) is 25.0 Å². The summed E-state index contributed by atoms with van der Waals surface area (Å²) in [5.74, 6) is -0.996. The zero-order valence-corrected chi connectivity index (χ0v) is 14.6. The Kier molecular flexibility index (Phi) is 5.57. The molecule has 1 aliphatic heterocycles. The maximum Gasteiger partial charge on any atom is 0.330 e. The largest absolute Gasteiger partial charge is 0.463 e. The van der Waals surface area contributed by atoms with Gasteiger partial charge in [0.15, 0.2) is 0 Å². The van der Waals surface area contributed by atoms with Gasteiger partial charge in [0.2, 0.25) is 0 Å². The topological polar surface area (TPSA) is 117 Å². The number of hydrogen-bond acceptors (Lipinski definition) is 7. The number of ether oxygens (including phenoxy) is 3. The first-order valence-corrected chi connectivity index (χ1v) is 7.83. The molecule has 0 bridgehead atoms. The van der Waals surface area contributed by atoms with Crippen LogP contribution < -0.4 is 11.2 Å². The van der Waals surface area contributed by atoms with Crippen molar-refractivity contribution in [2.24, 2.45) is 0 Å². The van der Waals surface area contributed by atoms with Gasteiger partial charge in [0.25, 0.3) is 5.56 Å². The molecule has 9 nitrogen and oxygen atoms in total. The molecular formula is C13H15IN2O7. The molecule has 23 heavy (non-hydrogen) atoms. The molecule has 10 heteroatoms. The first-order chi connectivity index (χ1) is 10.8. The molecule has 0 spiro atoms. The van der Waals surface area contributed by atoms with E-state index in [9.17, 15) is 19.2 Å². The molecule has 1 saturated heterocycles. The van der Waals surface area contributed by atoms with Crippen LogP contribution in [0.3, 0.4) is 0 Å². The predicted octanol–water partition coefficient (Wildman–Crippen LogP) is -0.0765. The quantitative estimate of drug-likeness (QED) is 0.517. The van der Waals surface area contributed by atoms with Crippen LogP contribution in [0.5, 0.6) is 0 Å². The molecule has 2 rings (SSSR count). The SMILES string of the molecule is CC(=O)OC[C@@H]1O[C@H](n2cc(I)c(=O)[nH]c2=O)C[C@H]1OC(C)=O. The summed E-state index contributed by atoms with van der Waals surface area (Å²) < 4.78 is 17.3. The summed E-state index contributed by atoms with van der Waals surface area (Å²) in [4.78, 5) is 47.6. The summed E-state index contributed by atoms with van der Waals surface area (Å²) in [5, 5.41) is 0. The lowest BCUT2D eigenvalue weighted by Gasteiger charge is -2.17. The van der Waals surface area contributed by atoms with Gasteiger partial charge < -0.3 is 14.2 Å². The molecule has 0 radical (unpaired) electrons. The Hall–Kier alpha value is -1.69. The standard InChI is InChI=1S/C13H15IN2O7/c1-6(17)21-5-10-9(22-7(2)18)3-11(23-10)16-4-8(14)12(19)15-13(16)20/h4,9-11H,3,5H2,1-2H3,(H,15,19,20)/t9-,10+,11+/m1/s1. The summed E-state index contributed by atoms with van der Waals surface area (Å²) in [6, 6.07) is 0. The van der Waals surface area contributed by atoms with Gasteiger partial charge in [-0.15, -0.1) is 0 Å². The van der Waals surface area contributed by atoms with Crippen molar-refractivity contribution in [2.75, 3.05) is 6.61 Å². The van der Waals surface area contributed by atoms with E-state index in [1.54, 1.807) is 22.6 Å². The lowest BCUT2D eigenvalue weighted by Crippen LogP contribution is -2.33. The number of aromatic nitrogens is 2. The highest BCUT2D eigenvalue weighted by molar-refractivity contribution is 14.1. The van der Waals surface area contributed by atoms with E-state index >= 15 is 0 Å². The van der Waals surface area contributed by atoms with E-state index < -0.39 is 41.6 Å². The van der Waals surface area contributed by atoms with Gasteiger partial charge in [-0.2, -0.15) is 0 Å². The number of carbonyl (C=O) groups excluding carboxylic acids is 2. The second-order valence-corrected chi connectivity index (χ2v) is 6.12. The zero-order chi connectivity index (χ0) is 17.1. The van der Waals surface area contributed by atoms with Crippen LogP contribution in [0.4, 0.5) is 0 Å². The van der Waals surface area contributed by atoms with E-state index in [2.05, 4.69) is 4.98 Å². The number of esters is 2. The Labute approximate surface area is 144 Å². The van der Waals surface area contributed by atoms with Crippen LogP contribution in [0.2, 0.25) is 0 Å². The highest BCUT2D eigenvalue weighted by atomic mass is 127. The Bertz CT molecular complexity index is 726. The van der Waals surface area contributed by atoms with E-state index in [1.807, 2.05) is 0 Å². The molecular weight excluding hydrogens is 423 g/mol. The number of nitrogens with one attached hydrogen (secondary N) is 1. The predicted molar refractivity (Wildman–Crippen MR) is 84.8 cm³/mol. The third-order valence-corrected chi connectivity index (χ3v) is 3.95. The molecule has 3 atom stereocenters. The van der Waals surface area contributed by atoms with Crippen LogP contribution in [-0.4, -0.2) is 40.3 Å². The average Bonchev–Trinajstić information content (AvgIpc) is 2.82. The van der Waals surface area contributed by atoms with E-state index in [1.165, 1.54) is 24.6 Å². The number of aromatic amines is 1. The number of halogens is 1. The average molecular weight is 438 g/mol. The molecule has 0 aromatic carbocycles. The maximum absolute atomic E-state index is 11.9. The Balaban J connectivity index is 2.23. The van der Waals surface area contributed by atoms with Crippen LogP contribution in [-0.2, 0) is 23.8 Å². The highest BCUT2D eigenvalue weighted by Gasteiger charge is 2.39.